The summed E-state index contributed by atoms with van der Waals surface area (Å²) in [4.78, 5) is 13.0. The van der Waals surface area contributed by atoms with Crippen LogP contribution in [-0.4, -0.2) is 40.8 Å². The highest BCUT2D eigenvalue weighted by atomic mass is 16.5. The summed E-state index contributed by atoms with van der Waals surface area (Å²) >= 11 is 0. The van der Waals surface area contributed by atoms with Gasteiger partial charge in [0.15, 0.2) is 17.3 Å². The van der Waals surface area contributed by atoms with E-state index >= 15 is 0 Å². The Hall–Kier alpha value is -3.42. The fraction of sp³-hybridized carbons (Fsp3) is 0.300. The van der Waals surface area contributed by atoms with Gasteiger partial charge in [0.1, 0.15) is 5.92 Å². The summed E-state index contributed by atoms with van der Waals surface area (Å²) in [5, 5.41) is 17.0. The van der Waals surface area contributed by atoms with Crippen LogP contribution in [0.5, 0.6) is 11.5 Å². The lowest BCUT2D eigenvalue weighted by atomic mass is 9.96. The number of anilines is 1. The lowest BCUT2D eigenvalue weighted by Gasteiger charge is -2.17. The predicted molar refractivity (Wildman–Crippen MR) is 105 cm³/mol. The van der Waals surface area contributed by atoms with Crippen LogP contribution < -0.4 is 14.8 Å². The van der Waals surface area contributed by atoms with E-state index in [0.717, 1.165) is 12.0 Å². The van der Waals surface area contributed by atoms with Gasteiger partial charge in [0, 0.05) is 5.69 Å². The van der Waals surface area contributed by atoms with Crippen LogP contribution in [0.25, 0.3) is 0 Å². The summed E-state index contributed by atoms with van der Waals surface area (Å²) in [7, 11) is 3.14. The molecule has 1 atom stereocenters. The van der Waals surface area contributed by atoms with Gasteiger partial charge in [-0.3, -0.25) is 4.79 Å². The molecule has 1 aromatic heterocycles. The van der Waals surface area contributed by atoms with Crippen LogP contribution in [-0.2, 0) is 17.6 Å². The summed E-state index contributed by atoms with van der Waals surface area (Å²) in [6.45, 7) is 2.08. The standard InChI is InChI=1S/C20H23N5O3/c1-4-13-8-10-15(11-9-13)21-20(26)16(19-22-24-25-23-19)12-14-6-5-7-17(27-2)18(14)28-3/h5-11,16H,4,12H2,1-3H3,(H,21,26)(H,22,23,24,25)/t16-/m0/s1. The average Bonchev–Trinajstić information content (AvgIpc) is 3.26. The minimum absolute atomic E-state index is 0.226. The van der Waals surface area contributed by atoms with Crippen molar-refractivity contribution in [1.82, 2.24) is 20.6 Å². The van der Waals surface area contributed by atoms with Gasteiger partial charge in [0.05, 0.1) is 14.2 Å². The van der Waals surface area contributed by atoms with Crippen molar-refractivity contribution < 1.29 is 14.3 Å². The lowest BCUT2D eigenvalue weighted by molar-refractivity contribution is -0.117. The molecule has 0 saturated heterocycles. The van der Waals surface area contributed by atoms with Crippen molar-refractivity contribution in [2.75, 3.05) is 19.5 Å². The summed E-state index contributed by atoms with van der Waals surface area (Å²) in [5.41, 5.74) is 2.73. The smallest absolute Gasteiger partial charge is 0.235 e. The van der Waals surface area contributed by atoms with Crippen LogP contribution in [0.1, 0.15) is 29.8 Å². The summed E-state index contributed by atoms with van der Waals surface area (Å²) in [5.74, 6) is 0.620. The Morgan fingerprint density at radius 1 is 1.14 bits per heavy atom. The molecule has 2 N–H and O–H groups in total. The third-order valence-electron chi connectivity index (χ3n) is 4.53. The number of benzene rings is 2. The number of methoxy groups -OCH3 is 2. The fourth-order valence-electron chi connectivity index (χ4n) is 3.01. The predicted octanol–water partition coefficient (Wildman–Crippen LogP) is 2.74. The zero-order valence-electron chi connectivity index (χ0n) is 16.1. The maximum Gasteiger partial charge on any atom is 0.235 e. The number of aryl methyl sites for hydroxylation is 1. The second-order valence-electron chi connectivity index (χ2n) is 6.22. The molecule has 28 heavy (non-hydrogen) atoms. The minimum atomic E-state index is -0.648. The number of rotatable bonds is 8. The third-order valence-corrected chi connectivity index (χ3v) is 4.53. The number of hydrogen-bond acceptors (Lipinski definition) is 6. The Morgan fingerprint density at radius 3 is 2.54 bits per heavy atom. The molecule has 1 amide bonds. The van der Waals surface area contributed by atoms with Crippen LogP contribution in [0.15, 0.2) is 42.5 Å². The number of nitrogens with zero attached hydrogens (tertiary/aromatic N) is 3. The van der Waals surface area contributed by atoms with E-state index in [1.165, 1.54) is 5.56 Å². The number of aromatic nitrogens is 4. The molecule has 146 valence electrons. The highest BCUT2D eigenvalue weighted by molar-refractivity contribution is 5.95. The van der Waals surface area contributed by atoms with Crippen LogP contribution in [0.3, 0.4) is 0 Å². The lowest BCUT2D eigenvalue weighted by Crippen LogP contribution is -2.24. The highest BCUT2D eigenvalue weighted by Crippen LogP contribution is 2.34. The van der Waals surface area contributed by atoms with Crippen molar-refractivity contribution >= 4 is 11.6 Å². The van der Waals surface area contributed by atoms with E-state index in [4.69, 9.17) is 9.47 Å². The Kier molecular flexibility index (Phi) is 6.21. The second-order valence-corrected chi connectivity index (χ2v) is 6.22. The molecule has 2 aromatic carbocycles. The van der Waals surface area contributed by atoms with Gasteiger partial charge in [-0.1, -0.05) is 36.4 Å². The van der Waals surface area contributed by atoms with Gasteiger partial charge in [-0.25, -0.2) is 0 Å². The molecule has 3 aromatic rings. The molecule has 0 aliphatic carbocycles. The molecule has 0 bridgehead atoms. The van der Waals surface area contributed by atoms with Crippen molar-refractivity contribution in [2.45, 2.75) is 25.7 Å². The molecule has 0 radical (unpaired) electrons. The zero-order valence-corrected chi connectivity index (χ0v) is 16.1. The van der Waals surface area contributed by atoms with Crippen LogP contribution >= 0.6 is 0 Å². The number of nitrogens with one attached hydrogen (secondary N) is 2. The molecule has 0 spiro atoms. The second kappa shape index (κ2) is 8.98. The van der Waals surface area contributed by atoms with Gasteiger partial charge in [-0.15, -0.1) is 10.2 Å². The van der Waals surface area contributed by atoms with Crippen molar-refractivity contribution in [3.8, 4) is 11.5 Å². The maximum absolute atomic E-state index is 13.0. The first-order valence-corrected chi connectivity index (χ1v) is 8.99. The monoisotopic (exact) mass is 381 g/mol. The van der Waals surface area contributed by atoms with Gasteiger partial charge in [0.2, 0.25) is 5.91 Å². The Balaban J connectivity index is 1.87. The number of ether oxygens (including phenoxy) is 2. The molecular formula is C20H23N5O3. The average molecular weight is 381 g/mol. The van der Waals surface area contributed by atoms with Crippen molar-refractivity contribution in [3.63, 3.8) is 0 Å². The summed E-state index contributed by atoms with van der Waals surface area (Å²) < 4.78 is 10.8. The highest BCUT2D eigenvalue weighted by Gasteiger charge is 2.27. The molecule has 1 heterocycles. The number of amides is 1. The number of H-pyrrole nitrogens is 1. The van der Waals surface area contributed by atoms with E-state index < -0.39 is 5.92 Å². The van der Waals surface area contributed by atoms with E-state index in [9.17, 15) is 4.79 Å². The van der Waals surface area contributed by atoms with Crippen LogP contribution in [0.2, 0.25) is 0 Å². The third kappa shape index (κ3) is 4.28. The Bertz CT molecular complexity index is 910. The molecule has 0 aliphatic heterocycles. The van der Waals surface area contributed by atoms with E-state index in [2.05, 4.69) is 32.9 Å². The molecule has 0 unspecified atom stereocenters. The molecular weight excluding hydrogens is 358 g/mol. The van der Waals surface area contributed by atoms with Crippen molar-refractivity contribution in [1.29, 1.82) is 0 Å². The van der Waals surface area contributed by atoms with Gasteiger partial charge in [0.25, 0.3) is 0 Å². The van der Waals surface area contributed by atoms with E-state index in [-0.39, 0.29) is 5.91 Å². The van der Waals surface area contributed by atoms with Gasteiger partial charge in [-0.05, 0) is 42.2 Å². The molecule has 0 saturated carbocycles. The summed E-state index contributed by atoms with van der Waals surface area (Å²) in [6.07, 6.45) is 1.27. The number of tetrazole rings is 1. The van der Waals surface area contributed by atoms with Gasteiger partial charge in [-0.2, -0.15) is 5.21 Å². The first-order chi connectivity index (χ1) is 13.7. The molecule has 8 heteroatoms. The van der Waals surface area contributed by atoms with E-state index in [1.54, 1.807) is 20.3 Å². The molecule has 0 fully saturated rings. The molecule has 0 aliphatic rings. The number of carbonyl (C=O) groups excluding carboxylic acids is 1. The van der Waals surface area contributed by atoms with Crippen molar-refractivity contribution in [2.24, 2.45) is 0 Å². The molecule has 8 nitrogen and oxygen atoms in total. The quantitative estimate of drug-likeness (QED) is 0.622. The van der Waals surface area contributed by atoms with Crippen LogP contribution in [0.4, 0.5) is 5.69 Å². The normalized spacial score (nSPS) is 11.7. The summed E-state index contributed by atoms with van der Waals surface area (Å²) in [6, 6.07) is 13.3. The number of hydrogen-bond donors (Lipinski definition) is 2. The topological polar surface area (TPSA) is 102 Å². The Labute approximate surface area is 163 Å². The maximum atomic E-state index is 13.0. The first-order valence-electron chi connectivity index (χ1n) is 8.99. The van der Waals surface area contributed by atoms with Gasteiger partial charge < -0.3 is 14.8 Å². The van der Waals surface area contributed by atoms with Crippen molar-refractivity contribution in [3.05, 3.63) is 59.4 Å². The first kappa shape index (κ1) is 19.3. The van der Waals surface area contributed by atoms with Gasteiger partial charge >= 0.3 is 0 Å². The minimum Gasteiger partial charge on any atom is -0.493 e. The Morgan fingerprint density at radius 2 is 1.93 bits per heavy atom. The van der Waals surface area contributed by atoms with Crippen LogP contribution in [0, 0.1) is 0 Å². The SMILES string of the molecule is CCc1ccc(NC(=O)[C@@H](Cc2cccc(OC)c2OC)c2nn[nH]n2)cc1. The largest absolute Gasteiger partial charge is 0.493 e. The number of para-hydroxylation sites is 1. The number of carbonyl (C=O) groups is 1. The number of aromatic amines is 1. The fourth-order valence-corrected chi connectivity index (χ4v) is 3.01. The van der Waals surface area contributed by atoms with E-state index in [0.29, 0.717) is 29.4 Å². The zero-order chi connectivity index (χ0) is 19.9. The van der Waals surface area contributed by atoms with E-state index in [1.807, 2.05) is 36.4 Å². The molecule has 3 rings (SSSR count).